The van der Waals surface area contributed by atoms with E-state index in [4.69, 9.17) is 24.7 Å². The minimum Gasteiger partial charge on any atom is -0.442 e. The van der Waals surface area contributed by atoms with Crippen LogP contribution in [-0.4, -0.2) is 68.7 Å². The molecule has 52 heavy (non-hydrogen) atoms. The summed E-state index contributed by atoms with van der Waals surface area (Å²) in [6, 6.07) is 0. The van der Waals surface area contributed by atoms with Crippen molar-refractivity contribution in [2.24, 2.45) is 0 Å². The van der Waals surface area contributed by atoms with Crippen LogP contribution < -0.4 is 9.97 Å². The molecule has 0 bridgehead atoms. The molecule has 0 atom stereocenters. The fraction of sp³-hybridized carbons (Fsp3) is 0.826. The molecule has 0 radical (unpaired) electrons. The van der Waals surface area contributed by atoms with Gasteiger partial charge < -0.3 is 24.7 Å². The fourth-order valence-corrected chi connectivity index (χ4v) is 7.97. The van der Waals surface area contributed by atoms with Gasteiger partial charge in [-0.2, -0.15) is 0 Å². The van der Waals surface area contributed by atoms with Crippen LogP contribution >= 0.6 is 0 Å². The van der Waals surface area contributed by atoms with Crippen molar-refractivity contribution in [2.45, 2.75) is 234 Å². The molecule has 296 valence electrons. The number of hydrogen-bond acceptors (Lipinski definition) is 3. The Hall–Kier alpha value is -0.399. The molecule has 1 aliphatic rings. The Morgan fingerprint density at radius 1 is 0.442 bits per heavy atom. The summed E-state index contributed by atoms with van der Waals surface area (Å²) in [6.45, 7) is 43.0. The van der Waals surface area contributed by atoms with E-state index in [-0.39, 0.29) is 78.0 Å². The summed E-state index contributed by atoms with van der Waals surface area (Å²) in [5.41, 5.74) is 5.51. The number of imidazole rings is 2. The van der Waals surface area contributed by atoms with Crippen LogP contribution in [0.2, 0.25) is 0 Å². The monoisotopic (exact) mass is 797 g/mol. The van der Waals surface area contributed by atoms with Gasteiger partial charge in [-0.15, -0.1) is 0 Å². The first kappa shape index (κ1) is 51.6. The first-order chi connectivity index (χ1) is 23.5. The molecule has 6 heteroatoms. The van der Waals surface area contributed by atoms with E-state index in [1.807, 2.05) is 12.2 Å². The second kappa shape index (κ2) is 22.4. The second-order valence-corrected chi connectivity index (χ2v) is 19.3. The molecule has 0 fully saturated rings. The molecule has 3 rings (SSSR count). The van der Waals surface area contributed by atoms with Crippen LogP contribution in [-0.2, 0) is 37.2 Å². The normalized spacial score (nSPS) is 14.0. The van der Waals surface area contributed by atoms with Crippen LogP contribution in [0.25, 0.3) is 0 Å². The third-order valence-electron chi connectivity index (χ3n) is 10.9. The van der Waals surface area contributed by atoms with Gasteiger partial charge in [-0.3, -0.25) is 0 Å². The van der Waals surface area contributed by atoms with Crippen molar-refractivity contribution in [1.29, 1.82) is 0 Å². The van der Waals surface area contributed by atoms with E-state index in [2.05, 4.69) is 125 Å². The molecule has 1 aliphatic heterocycles. The van der Waals surface area contributed by atoms with Gasteiger partial charge in [0.2, 0.25) is 0 Å². The van der Waals surface area contributed by atoms with Gasteiger partial charge in [-0.1, -0.05) is 210 Å². The third-order valence-corrected chi connectivity index (χ3v) is 10.9. The molecule has 0 N–H and O–H groups in total. The molecule has 0 unspecified atom stereocenters. The number of ether oxygens (including phenoxy) is 1. The first-order valence-corrected chi connectivity index (χ1v) is 20.9. The maximum atomic E-state index is 5.13. The summed E-state index contributed by atoms with van der Waals surface area (Å²) in [5, 5.41) is 0. The summed E-state index contributed by atoms with van der Waals surface area (Å²) in [7, 11) is 0. The molecule has 0 aliphatic carbocycles. The Bertz CT molecular complexity index is 1140. The molecule has 0 amide bonds. The van der Waals surface area contributed by atoms with Crippen LogP contribution in [0.5, 0.6) is 0 Å². The molecule has 3 heterocycles. The molecule has 0 saturated carbocycles. The SMILES string of the molecule is C1=CCOC1.CCCC(C)(C)c1nc(C(C)(C)CCC)c(C(C)(C)CCC)[n-]1.CCCC(C)(C)c1nc(C(C)(C)CCC)c(C(C)(C)CCC)[n-]1.[Sr+2]. The summed E-state index contributed by atoms with van der Waals surface area (Å²) >= 11 is 0. The first-order valence-electron chi connectivity index (χ1n) is 20.9. The average molecular weight is 797 g/mol. The van der Waals surface area contributed by atoms with E-state index in [1.165, 1.54) is 61.3 Å². The van der Waals surface area contributed by atoms with Crippen molar-refractivity contribution in [3.05, 3.63) is 46.6 Å². The van der Waals surface area contributed by atoms with Gasteiger partial charge in [0.1, 0.15) is 0 Å². The summed E-state index contributed by atoms with van der Waals surface area (Å²) in [4.78, 5) is 20.5. The molecule has 2 aromatic rings. The molecule has 0 spiro atoms. The third kappa shape index (κ3) is 14.9. The van der Waals surface area contributed by atoms with Crippen molar-refractivity contribution in [2.75, 3.05) is 13.2 Å². The Labute approximate surface area is 361 Å². The maximum absolute atomic E-state index is 5.13. The summed E-state index contributed by atoms with van der Waals surface area (Å²) in [6.07, 6.45) is 18.0. The largest absolute Gasteiger partial charge is 2.00 e. The van der Waals surface area contributed by atoms with Gasteiger partial charge in [-0.05, 0) is 71.0 Å². The van der Waals surface area contributed by atoms with Gasteiger partial charge in [0.25, 0.3) is 0 Å². The Kier molecular flexibility index (Phi) is 22.2. The Morgan fingerprint density at radius 2 is 0.692 bits per heavy atom. The Morgan fingerprint density at radius 3 is 0.923 bits per heavy atom. The van der Waals surface area contributed by atoms with Crippen LogP contribution in [0.1, 0.15) is 236 Å². The minimum atomic E-state index is 0. The van der Waals surface area contributed by atoms with Crippen LogP contribution in [0.4, 0.5) is 0 Å². The van der Waals surface area contributed by atoms with E-state index in [0.717, 1.165) is 63.4 Å². The molecule has 2 aromatic heterocycles. The smallest absolute Gasteiger partial charge is 0.442 e. The fourth-order valence-electron chi connectivity index (χ4n) is 7.97. The average Bonchev–Trinajstić information content (AvgIpc) is 3.80. The number of rotatable bonds is 18. The quantitative estimate of drug-likeness (QED) is 0.111. The predicted octanol–water partition coefficient (Wildman–Crippen LogP) is 12.7. The predicted molar refractivity (Wildman–Crippen MR) is 228 cm³/mol. The van der Waals surface area contributed by atoms with E-state index >= 15 is 0 Å². The van der Waals surface area contributed by atoms with Crippen LogP contribution in [0, 0.1) is 0 Å². The van der Waals surface area contributed by atoms with Crippen molar-refractivity contribution in [1.82, 2.24) is 19.9 Å². The molecule has 5 nitrogen and oxygen atoms in total. The summed E-state index contributed by atoms with van der Waals surface area (Å²) < 4.78 is 4.83. The van der Waals surface area contributed by atoms with Crippen molar-refractivity contribution < 1.29 is 4.74 Å². The zero-order valence-corrected chi connectivity index (χ0v) is 41.4. The van der Waals surface area contributed by atoms with Crippen LogP contribution in [0.15, 0.2) is 12.2 Å². The molecule has 0 aromatic carbocycles. The minimum absolute atomic E-state index is 0. The standard InChI is InChI=1S/2C21H39N2.C4H6O.Sr/c2*1-10-13-19(4,5)16-17(20(6,7)14-11-2)23-18(22-16)21(8,9)15-12-3;1-2-4-5-3-1;/h2*10-15H2,1-9H3;1-2H,3-4H2;/q2*-1;;+2. The Balaban J connectivity index is 0.000000863. The second-order valence-electron chi connectivity index (χ2n) is 19.3. The van der Waals surface area contributed by atoms with Gasteiger partial charge in [-0.25, -0.2) is 0 Å². The molecular formula is C46H84N4OSr. The van der Waals surface area contributed by atoms with Gasteiger partial charge in [0.15, 0.2) is 0 Å². The maximum Gasteiger partial charge on any atom is 2.00 e. The zero-order chi connectivity index (χ0) is 39.3. The molecule has 0 saturated heterocycles. The van der Waals surface area contributed by atoms with Crippen molar-refractivity contribution >= 4 is 45.5 Å². The number of hydrogen-bond donors (Lipinski definition) is 0. The van der Waals surface area contributed by atoms with Crippen molar-refractivity contribution in [3.8, 4) is 0 Å². The van der Waals surface area contributed by atoms with Gasteiger partial charge in [0.05, 0.1) is 13.2 Å². The molecular weight excluding hydrogens is 712 g/mol. The van der Waals surface area contributed by atoms with E-state index < -0.39 is 0 Å². The van der Waals surface area contributed by atoms with Crippen molar-refractivity contribution in [3.63, 3.8) is 0 Å². The van der Waals surface area contributed by atoms with E-state index in [9.17, 15) is 0 Å². The number of aromatic nitrogens is 4. The van der Waals surface area contributed by atoms with E-state index in [1.54, 1.807) is 0 Å². The van der Waals surface area contributed by atoms with Gasteiger partial charge in [0, 0.05) is 0 Å². The topological polar surface area (TPSA) is 63.2 Å². The zero-order valence-electron chi connectivity index (χ0n) is 38.0. The van der Waals surface area contributed by atoms with Gasteiger partial charge >= 0.3 is 45.5 Å². The number of nitrogens with zero attached hydrogens (tertiary/aromatic N) is 4. The van der Waals surface area contributed by atoms with E-state index in [0.29, 0.717) is 0 Å². The van der Waals surface area contributed by atoms with Crippen LogP contribution in [0.3, 0.4) is 0 Å². The summed E-state index contributed by atoms with van der Waals surface area (Å²) in [5.74, 6) is 2.11.